The monoisotopic (exact) mass is 504 g/mol. The Labute approximate surface area is 181 Å². The first-order valence-corrected chi connectivity index (χ1v) is 8.58. The van der Waals surface area contributed by atoms with E-state index < -0.39 is 0 Å². The van der Waals surface area contributed by atoms with Crippen LogP contribution in [0.4, 0.5) is 4.39 Å². The van der Waals surface area contributed by atoms with Gasteiger partial charge in [0.15, 0.2) is 5.96 Å². The minimum atomic E-state index is -0.263. The van der Waals surface area contributed by atoms with Gasteiger partial charge in [0.05, 0.1) is 10.6 Å². The Morgan fingerprint density at radius 2 is 1.85 bits per heavy atom. The third kappa shape index (κ3) is 7.34. The van der Waals surface area contributed by atoms with Crippen molar-refractivity contribution in [2.24, 2.45) is 4.99 Å². The quantitative estimate of drug-likeness (QED) is 0.274. The molecule has 0 saturated carbocycles. The van der Waals surface area contributed by atoms with Crippen molar-refractivity contribution in [3.63, 3.8) is 0 Å². The van der Waals surface area contributed by atoms with Crippen LogP contribution >= 0.6 is 35.6 Å². The van der Waals surface area contributed by atoms with Crippen LogP contribution in [-0.2, 0) is 6.54 Å². The van der Waals surface area contributed by atoms with Gasteiger partial charge < -0.3 is 15.5 Å². The van der Waals surface area contributed by atoms with Crippen LogP contribution in [0.1, 0.15) is 15.9 Å². The predicted molar refractivity (Wildman–Crippen MR) is 118 cm³/mol. The molecule has 0 atom stereocenters. The SMILES string of the molecule is CN=C(NCCNC(=O)c1ccccc1Cl)N(C)Cc1cccc(F)c1.I. The van der Waals surface area contributed by atoms with Crippen LogP contribution in [-0.4, -0.2) is 44.0 Å². The number of nitrogens with zero attached hydrogens (tertiary/aromatic N) is 2. The Morgan fingerprint density at radius 1 is 1.15 bits per heavy atom. The van der Waals surface area contributed by atoms with Crippen LogP contribution in [0, 0.1) is 5.82 Å². The van der Waals surface area contributed by atoms with Crippen molar-refractivity contribution < 1.29 is 9.18 Å². The van der Waals surface area contributed by atoms with Crippen molar-refractivity contribution in [1.29, 1.82) is 0 Å². The Balaban J connectivity index is 0.00000364. The topological polar surface area (TPSA) is 56.7 Å². The molecular formula is C19H23ClFIN4O. The van der Waals surface area contributed by atoms with Gasteiger partial charge in [0, 0.05) is 33.7 Å². The fourth-order valence-electron chi connectivity index (χ4n) is 2.46. The fourth-order valence-corrected chi connectivity index (χ4v) is 2.68. The summed E-state index contributed by atoms with van der Waals surface area (Å²) >= 11 is 6.01. The number of rotatable bonds is 6. The van der Waals surface area contributed by atoms with E-state index in [0.717, 1.165) is 5.56 Å². The molecule has 0 heterocycles. The second kappa shape index (κ2) is 11.8. The van der Waals surface area contributed by atoms with Gasteiger partial charge in [0.2, 0.25) is 0 Å². The summed E-state index contributed by atoms with van der Waals surface area (Å²) in [6.45, 7) is 1.43. The van der Waals surface area contributed by atoms with Crippen molar-refractivity contribution in [2.45, 2.75) is 6.54 Å². The summed E-state index contributed by atoms with van der Waals surface area (Å²) in [5.74, 6) is 0.169. The molecule has 2 aromatic carbocycles. The van der Waals surface area contributed by atoms with Crippen LogP contribution in [0.25, 0.3) is 0 Å². The van der Waals surface area contributed by atoms with E-state index in [9.17, 15) is 9.18 Å². The van der Waals surface area contributed by atoms with E-state index in [1.165, 1.54) is 12.1 Å². The van der Waals surface area contributed by atoms with Crippen molar-refractivity contribution in [1.82, 2.24) is 15.5 Å². The zero-order valence-corrected chi connectivity index (χ0v) is 18.3. The molecule has 0 aliphatic rings. The maximum atomic E-state index is 13.3. The van der Waals surface area contributed by atoms with Crippen molar-refractivity contribution in [2.75, 3.05) is 27.2 Å². The molecule has 5 nitrogen and oxygen atoms in total. The van der Waals surface area contributed by atoms with Crippen molar-refractivity contribution in [3.8, 4) is 0 Å². The van der Waals surface area contributed by atoms with Gasteiger partial charge in [-0.2, -0.15) is 0 Å². The largest absolute Gasteiger partial charge is 0.354 e. The molecule has 1 amide bonds. The molecule has 0 aliphatic carbocycles. The highest BCUT2D eigenvalue weighted by molar-refractivity contribution is 14.0. The minimum Gasteiger partial charge on any atom is -0.354 e. The van der Waals surface area contributed by atoms with Gasteiger partial charge in [0.25, 0.3) is 5.91 Å². The molecular weight excluding hydrogens is 482 g/mol. The van der Waals surface area contributed by atoms with Crippen molar-refractivity contribution >= 4 is 47.4 Å². The summed E-state index contributed by atoms with van der Waals surface area (Å²) in [7, 11) is 3.54. The summed E-state index contributed by atoms with van der Waals surface area (Å²) in [6, 6.07) is 13.3. The summed E-state index contributed by atoms with van der Waals surface area (Å²) < 4.78 is 13.3. The van der Waals surface area contributed by atoms with Gasteiger partial charge in [-0.25, -0.2) is 4.39 Å². The van der Waals surface area contributed by atoms with Gasteiger partial charge in [-0.15, -0.1) is 24.0 Å². The minimum absolute atomic E-state index is 0. The van der Waals surface area contributed by atoms with Crippen molar-refractivity contribution in [3.05, 3.63) is 70.5 Å². The van der Waals surface area contributed by atoms with E-state index in [2.05, 4.69) is 15.6 Å². The van der Waals surface area contributed by atoms with E-state index in [0.29, 0.717) is 36.2 Å². The number of halogens is 3. The summed E-state index contributed by atoms with van der Waals surface area (Å²) in [5, 5.41) is 6.39. The second-order valence-electron chi connectivity index (χ2n) is 5.70. The van der Waals surface area contributed by atoms with Gasteiger partial charge in [-0.1, -0.05) is 35.9 Å². The molecule has 0 fully saturated rings. The first-order valence-electron chi connectivity index (χ1n) is 8.20. The molecule has 0 saturated heterocycles. The molecule has 0 spiro atoms. The lowest BCUT2D eigenvalue weighted by atomic mass is 10.2. The average molecular weight is 505 g/mol. The summed E-state index contributed by atoms with van der Waals surface area (Å²) in [6.07, 6.45) is 0. The molecule has 2 aromatic rings. The lowest BCUT2D eigenvalue weighted by Crippen LogP contribution is -2.42. The number of amides is 1. The van der Waals surface area contributed by atoms with Crippen LogP contribution in [0.5, 0.6) is 0 Å². The van der Waals surface area contributed by atoms with Crippen LogP contribution in [0.2, 0.25) is 5.02 Å². The third-order valence-electron chi connectivity index (χ3n) is 3.69. The molecule has 0 aliphatic heterocycles. The van der Waals surface area contributed by atoms with Crippen LogP contribution < -0.4 is 10.6 Å². The zero-order chi connectivity index (χ0) is 18.9. The molecule has 0 aromatic heterocycles. The second-order valence-corrected chi connectivity index (χ2v) is 6.10. The number of hydrogen-bond donors (Lipinski definition) is 2. The standard InChI is InChI=1S/C19H22ClFN4O.HI/c1-22-19(25(2)13-14-6-5-7-15(21)12-14)24-11-10-23-18(26)16-8-3-4-9-17(16)20;/h3-9,12H,10-11,13H2,1-2H3,(H,22,24)(H,23,26);1H. The Hall–Kier alpha value is -1.87. The lowest BCUT2D eigenvalue weighted by Gasteiger charge is -2.22. The molecule has 27 heavy (non-hydrogen) atoms. The van der Waals surface area contributed by atoms with Gasteiger partial charge in [-0.3, -0.25) is 9.79 Å². The number of carbonyl (C=O) groups is 1. The van der Waals surface area contributed by atoms with Gasteiger partial charge >= 0.3 is 0 Å². The number of aliphatic imine (C=N–C) groups is 1. The van der Waals surface area contributed by atoms with Crippen LogP contribution in [0.15, 0.2) is 53.5 Å². The summed E-state index contributed by atoms with van der Waals surface area (Å²) in [5.41, 5.74) is 1.30. The predicted octanol–water partition coefficient (Wildman–Crippen LogP) is 3.53. The highest BCUT2D eigenvalue weighted by Crippen LogP contribution is 2.14. The lowest BCUT2D eigenvalue weighted by molar-refractivity contribution is 0.0954. The number of carbonyl (C=O) groups excluding carboxylic acids is 1. The Morgan fingerprint density at radius 3 is 2.52 bits per heavy atom. The van der Waals surface area contributed by atoms with Gasteiger partial charge in [-0.05, 0) is 29.8 Å². The zero-order valence-electron chi connectivity index (χ0n) is 15.2. The summed E-state index contributed by atoms with van der Waals surface area (Å²) in [4.78, 5) is 18.2. The number of guanidine groups is 1. The van der Waals surface area contributed by atoms with E-state index >= 15 is 0 Å². The van der Waals surface area contributed by atoms with Crippen LogP contribution in [0.3, 0.4) is 0 Å². The maximum absolute atomic E-state index is 13.3. The molecule has 8 heteroatoms. The number of benzene rings is 2. The fraction of sp³-hybridized carbons (Fsp3) is 0.263. The normalized spacial score (nSPS) is 10.7. The first kappa shape index (κ1) is 23.2. The first-order chi connectivity index (χ1) is 12.5. The highest BCUT2D eigenvalue weighted by Gasteiger charge is 2.10. The molecule has 0 bridgehead atoms. The molecule has 146 valence electrons. The molecule has 2 rings (SSSR count). The number of nitrogens with one attached hydrogen (secondary N) is 2. The third-order valence-corrected chi connectivity index (χ3v) is 4.02. The Kier molecular flexibility index (Phi) is 10.1. The maximum Gasteiger partial charge on any atom is 0.252 e. The Bertz CT molecular complexity index is 788. The number of hydrogen-bond acceptors (Lipinski definition) is 2. The van der Waals surface area contributed by atoms with E-state index in [1.54, 1.807) is 37.4 Å². The molecule has 0 radical (unpaired) electrons. The van der Waals surface area contributed by atoms with E-state index in [1.807, 2.05) is 18.0 Å². The molecule has 0 unspecified atom stereocenters. The van der Waals surface area contributed by atoms with E-state index in [4.69, 9.17) is 11.6 Å². The average Bonchev–Trinajstić information content (AvgIpc) is 2.62. The smallest absolute Gasteiger partial charge is 0.252 e. The molecule has 2 N–H and O–H groups in total. The highest BCUT2D eigenvalue weighted by atomic mass is 127. The van der Waals surface area contributed by atoms with Gasteiger partial charge in [0.1, 0.15) is 5.82 Å². The van der Waals surface area contributed by atoms with E-state index in [-0.39, 0.29) is 35.7 Å².